The number of benzene rings is 1. The van der Waals surface area contributed by atoms with Gasteiger partial charge in [0, 0.05) is 24.7 Å². The predicted octanol–water partition coefficient (Wildman–Crippen LogP) is 4.48. The molecule has 0 spiro atoms. The number of rotatable bonds is 2. The van der Waals surface area contributed by atoms with Crippen molar-refractivity contribution >= 4 is 28.9 Å². The zero-order valence-electron chi connectivity index (χ0n) is 12.3. The van der Waals surface area contributed by atoms with Gasteiger partial charge in [-0.15, -0.1) is 0 Å². The maximum atomic E-state index is 12.2. The van der Waals surface area contributed by atoms with Gasteiger partial charge in [0.25, 0.3) is 0 Å². The number of piperidine rings is 1. The van der Waals surface area contributed by atoms with Gasteiger partial charge in [0.15, 0.2) is 5.56 Å². The van der Waals surface area contributed by atoms with Crippen molar-refractivity contribution in [2.24, 2.45) is 0 Å². The molecule has 1 aliphatic rings. The number of hydrogen-bond donors (Lipinski definition) is 0. The van der Waals surface area contributed by atoms with Crippen molar-refractivity contribution in [3.8, 4) is 17.4 Å². The fourth-order valence-corrected chi connectivity index (χ4v) is 3.06. The van der Waals surface area contributed by atoms with Gasteiger partial charge in [0.05, 0.1) is 15.7 Å². The van der Waals surface area contributed by atoms with E-state index in [1.54, 1.807) is 24.3 Å². The molecule has 0 bridgehead atoms. The van der Waals surface area contributed by atoms with E-state index in [-0.39, 0.29) is 5.56 Å². The molecule has 2 aromatic rings. The summed E-state index contributed by atoms with van der Waals surface area (Å²) in [5.41, 5.74) is 0.705. The predicted molar refractivity (Wildman–Crippen MR) is 91.2 cm³/mol. The Morgan fingerprint density at radius 1 is 1.09 bits per heavy atom. The number of nitrogens with zero attached hydrogens (tertiary/aromatic N) is 2. The van der Waals surface area contributed by atoms with Crippen molar-refractivity contribution in [1.82, 2.24) is 0 Å². The Morgan fingerprint density at radius 3 is 2.48 bits per heavy atom. The molecular weight excluding hydrogens is 335 g/mol. The van der Waals surface area contributed by atoms with E-state index in [9.17, 15) is 10.1 Å². The molecule has 1 aromatic heterocycles. The highest BCUT2D eigenvalue weighted by Crippen LogP contribution is 2.31. The van der Waals surface area contributed by atoms with Crippen LogP contribution in [0.15, 0.2) is 33.5 Å². The number of hydrogen-bond acceptors (Lipinski definition) is 4. The molecule has 2 heterocycles. The van der Waals surface area contributed by atoms with Crippen LogP contribution in [0.25, 0.3) is 11.3 Å². The summed E-state index contributed by atoms with van der Waals surface area (Å²) in [4.78, 5) is 14.3. The molecule has 23 heavy (non-hydrogen) atoms. The first-order valence-corrected chi connectivity index (χ1v) is 8.14. The molecule has 1 fully saturated rings. The SMILES string of the molecule is N#Cc1c(N2CCCCC2)cc(-c2ccc(Cl)c(Cl)c2)oc1=O. The van der Waals surface area contributed by atoms with Crippen LogP contribution in [0.2, 0.25) is 10.0 Å². The second-order valence-corrected chi connectivity index (χ2v) is 6.26. The maximum absolute atomic E-state index is 12.2. The zero-order valence-corrected chi connectivity index (χ0v) is 13.8. The van der Waals surface area contributed by atoms with Gasteiger partial charge in [-0.25, -0.2) is 4.79 Å². The molecule has 0 saturated carbocycles. The first-order chi connectivity index (χ1) is 11.1. The van der Waals surface area contributed by atoms with Crippen LogP contribution in [0.1, 0.15) is 24.8 Å². The lowest BCUT2D eigenvalue weighted by Crippen LogP contribution is -2.31. The molecule has 1 aromatic carbocycles. The number of anilines is 1. The summed E-state index contributed by atoms with van der Waals surface area (Å²) in [7, 11) is 0. The summed E-state index contributed by atoms with van der Waals surface area (Å²) in [6, 6.07) is 8.74. The van der Waals surface area contributed by atoms with Crippen molar-refractivity contribution in [3.05, 3.63) is 50.3 Å². The van der Waals surface area contributed by atoms with Crippen LogP contribution in [-0.4, -0.2) is 13.1 Å². The highest BCUT2D eigenvalue weighted by molar-refractivity contribution is 6.42. The third kappa shape index (κ3) is 3.21. The molecule has 6 heteroatoms. The maximum Gasteiger partial charge on any atom is 0.356 e. The third-order valence-corrected chi connectivity index (χ3v) is 4.68. The Labute approximate surface area is 143 Å². The molecule has 118 valence electrons. The molecule has 0 N–H and O–H groups in total. The van der Waals surface area contributed by atoms with Crippen LogP contribution < -0.4 is 10.5 Å². The first kappa shape index (κ1) is 15.9. The summed E-state index contributed by atoms with van der Waals surface area (Å²) in [6.07, 6.45) is 3.26. The van der Waals surface area contributed by atoms with Crippen molar-refractivity contribution in [2.75, 3.05) is 18.0 Å². The fourth-order valence-electron chi connectivity index (χ4n) is 2.76. The lowest BCUT2D eigenvalue weighted by molar-refractivity contribution is 0.519. The second-order valence-electron chi connectivity index (χ2n) is 5.45. The Balaban J connectivity index is 2.12. The Morgan fingerprint density at radius 2 is 1.83 bits per heavy atom. The third-order valence-electron chi connectivity index (χ3n) is 3.94. The first-order valence-electron chi connectivity index (χ1n) is 7.39. The van der Waals surface area contributed by atoms with E-state index < -0.39 is 5.63 Å². The van der Waals surface area contributed by atoms with E-state index in [0.717, 1.165) is 25.9 Å². The Kier molecular flexibility index (Phi) is 4.61. The van der Waals surface area contributed by atoms with Gasteiger partial charge in [0.2, 0.25) is 0 Å². The molecule has 1 saturated heterocycles. The summed E-state index contributed by atoms with van der Waals surface area (Å²) < 4.78 is 5.31. The van der Waals surface area contributed by atoms with Gasteiger partial charge < -0.3 is 9.32 Å². The smallest absolute Gasteiger partial charge is 0.356 e. The van der Waals surface area contributed by atoms with Crippen molar-refractivity contribution in [1.29, 1.82) is 5.26 Å². The van der Waals surface area contributed by atoms with Crippen molar-refractivity contribution in [2.45, 2.75) is 19.3 Å². The fraction of sp³-hybridized carbons (Fsp3) is 0.294. The molecule has 3 rings (SSSR count). The van der Waals surface area contributed by atoms with Crippen LogP contribution in [0, 0.1) is 11.3 Å². The monoisotopic (exact) mass is 348 g/mol. The van der Waals surface area contributed by atoms with E-state index in [0.29, 0.717) is 27.1 Å². The van der Waals surface area contributed by atoms with Gasteiger partial charge in [-0.3, -0.25) is 0 Å². The molecule has 0 radical (unpaired) electrons. The van der Waals surface area contributed by atoms with Gasteiger partial charge >= 0.3 is 5.63 Å². The van der Waals surface area contributed by atoms with Crippen LogP contribution in [0.4, 0.5) is 5.69 Å². The standard InChI is InChI=1S/C17H14Cl2N2O2/c18-13-5-4-11(8-14(13)19)16-9-15(12(10-20)17(22)23-16)21-6-2-1-3-7-21/h4-5,8-9H,1-3,6-7H2. The molecular formula is C17H14Cl2N2O2. The highest BCUT2D eigenvalue weighted by Gasteiger charge is 2.20. The van der Waals surface area contributed by atoms with Crippen LogP contribution in [0.5, 0.6) is 0 Å². The van der Waals surface area contributed by atoms with Gasteiger partial charge in [-0.2, -0.15) is 5.26 Å². The molecule has 4 nitrogen and oxygen atoms in total. The van der Waals surface area contributed by atoms with Crippen LogP contribution >= 0.6 is 23.2 Å². The van der Waals surface area contributed by atoms with E-state index in [4.69, 9.17) is 27.6 Å². The molecule has 0 aliphatic carbocycles. The minimum Gasteiger partial charge on any atom is -0.422 e. The van der Waals surface area contributed by atoms with E-state index >= 15 is 0 Å². The van der Waals surface area contributed by atoms with Crippen LogP contribution in [-0.2, 0) is 0 Å². The quantitative estimate of drug-likeness (QED) is 0.802. The summed E-state index contributed by atoms with van der Waals surface area (Å²) in [5.74, 6) is 0.383. The summed E-state index contributed by atoms with van der Waals surface area (Å²) in [6.45, 7) is 1.66. The van der Waals surface area contributed by atoms with Crippen molar-refractivity contribution in [3.63, 3.8) is 0 Å². The van der Waals surface area contributed by atoms with Gasteiger partial charge in [-0.1, -0.05) is 23.2 Å². The Bertz CT molecular complexity index is 833. The largest absolute Gasteiger partial charge is 0.422 e. The minimum atomic E-state index is -0.628. The van der Waals surface area contributed by atoms with Crippen LogP contribution in [0.3, 0.4) is 0 Å². The Hall–Kier alpha value is -1.96. The van der Waals surface area contributed by atoms with Crippen molar-refractivity contribution < 1.29 is 4.42 Å². The molecule has 1 aliphatic heterocycles. The van der Waals surface area contributed by atoms with Gasteiger partial charge in [-0.05, 0) is 37.5 Å². The normalized spacial score (nSPS) is 14.6. The number of nitriles is 1. The minimum absolute atomic E-state index is 0.0516. The molecule has 0 amide bonds. The van der Waals surface area contributed by atoms with E-state index in [1.807, 2.05) is 6.07 Å². The average molecular weight is 349 g/mol. The molecule has 0 atom stereocenters. The second kappa shape index (κ2) is 6.66. The lowest BCUT2D eigenvalue weighted by Gasteiger charge is -2.29. The zero-order chi connectivity index (χ0) is 16.4. The van der Waals surface area contributed by atoms with Gasteiger partial charge in [0.1, 0.15) is 11.8 Å². The highest BCUT2D eigenvalue weighted by atomic mass is 35.5. The number of halogens is 2. The topological polar surface area (TPSA) is 57.2 Å². The summed E-state index contributed by atoms with van der Waals surface area (Å²) in [5, 5.41) is 10.1. The lowest BCUT2D eigenvalue weighted by atomic mass is 10.1. The average Bonchev–Trinajstić information content (AvgIpc) is 2.57. The van der Waals surface area contributed by atoms with E-state index in [1.165, 1.54) is 6.42 Å². The van der Waals surface area contributed by atoms with E-state index in [2.05, 4.69) is 4.90 Å². The molecule has 0 unspecified atom stereocenters. The summed E-state index contributed by atoms with van der Waals surface area (Å²) >= 11 is 12.0.